The van der Waals surface area contributed by atoms with Crippen LogP contribution in [0.4, 0.5) is 0 Å². The van der Waals surface area contributed by atoms with Gasteiger partial charge in [-0.1, -0.05) is 73.6 Å². The summed E-state index contributed by atoms with van der Waals surface area (Å²) in [7, 11) is 1.24. The summed E-state index contributed by atoms with van der Waals surface area (Å²) in [6, 6.07) is 9.04. The molecule has 0 aromatic heterocycles. The van der Waals surface area contributed by atoms with E-state index in [1.54, 1.807) is 0 Å². The number of nitrogens with one attached hydrogen (secondary N) is 2. The van der Waals surface area contributed by atoms with Gasteiger partial charge in [0.1, 0.15) is 24.4 Å². The molecule has 1 saturated heterocycles. The summed E-state index contributed by atoms with van der Waals surface area (Å²) in [5.41, 5.74) is 2.20. The Hall–Kier alpha value is -2.78. The molecule has 1 aromatic rings. The first-order chi connectivity index (χ1) is 17.9. The predicted molar refractivity (Wildman–Crippen MR) is 140 cm³/mol. The Morgan fingerprint density at radius 2 is 1.81 bits per heavy atom. The van der Waals surface area contributed by atoms with Gasteiger partial charge in [-0.15, -0.1) is 0 Å². The number of carbonyl (C=O) groups excluding carboxylic acids is 2. The van der Waals surface area contributed by atoms with E-state index in [1.807, 2.05) is 48.6 Å². The molecule has 0 bridgehead atoms. The van der Waals surface area contributed by atoms with Gasteiger partial charge in [0.2, 0.25) is 5.91 Å². The Morgan fingerprint density at radius 1 is 1.08 bits per heavy atom. The Balaban J connectivity index is 1.36. The average Bonchev–Trinajstić information content (AvgIpc) is 3.39. The summed E-state index contributed by atoms with van der Waals surface area (Å²) in [5.74, 6) is -0.599. The lowest BCUT2D eigenvalue weighted by atomic mass is 9.86. The van der Waals surface area contributed by atoms with Crippen LogP contribution >= 0.6 is 0 Å². The van der Waals surface area contributed by atoms with Gasteiger partial charge in [-0.05, 0) is 42.7 Å². The number of hydrogen-bond acceptors (Lipinski definition) is 6. The van der Waals surface area contributed by atoms with Crippen LogP contribution in [0.2, 0.25) is 0 Å². The molecule has 0 spiro atoms. The number of hydrogen-bond donors (Lipinski definition) is 5. The van der Waals surface area contributed by atoms with E-state index >= 15 is 0 Å². The third-order valence-electron chi connectivity index (χ3n) is 7.68. The Kier molecular flexibility index (Phi) is 9.32. The Morgan fingerprint density at radius 3 is 2.51 bits per heavy atom. The fourth-order valence-electron chi connectivity index (χ4n) is 5.44. The summed E-state index contributed by atoms with van der Waals surface area (Å²) < 4.78 is 5.18. The smallest absolute Gasteiger partial charge is 0.252 e. The predicted octanol–water partition coefficient (Wildman–Crippen LogP) is 1.86. The fraction of sp³-hybridized carbons (Fsp3) is 0.517. The molecule has 2 unspecified atom stereocenters. The molecule has 200 valence electrons. The number of allylic oxidation sites excluding steroid dienone is 3. The van der Waals surface area contributed by atoms with E-state index in [9.17, 15) is 24.9 Å². The normalized spacial score (nSPS) is 27.5. The first kappa shape index (κ1) is 27.3. The molecule has 8 heteroatoms. The molecule has 4 rings (SSSR count). The minimum atomic E-state index is -1.68. The molecule has 1 saturated carbocycles. The third kappa shape index (κ3) is 6.76. The lowest BCUT2D eigenvalue weighted by molar-refractivity contribution is -0.150. The summed E-state index contributed by atoms with van der Waals surface area (Å²) in [4.78, 5) is 25.9. The highest BCUT2D eigenvalue weighted by Gasteiger charge is 2.38. The molecule has 1 heterocycles. The van der Waals surface area contributed by atoms with Gasteiger partial charge in [0.05, 0.1) is 6.04 Å². The van der Waals surface area contributed by atoms with Gasteiger partial charge >= 0.3 is 0 Å². The van der Waals surface area contributed by atoms with Crippen LogP contribution in [-0.4, -0.2) is 70.7 Å². The maximum Gasteiger partial charge on any atom is 0.252 e. The highest BCUT2D eigenvalue weighted by molar-refractivity contribution is 5.90. The molecule has 37 heavy (non-hydrogen) atoms. The van der Waals surface area contributed by atoms with Crippen molar-refractivity contribution in [3.05, 3.63) is 66.3 Å². The van der Waals surface area contributed by atoms with Gasteiger partial charge in [0.25, 0.3) is 5.91 Å². The highest BCUT2D eigenvalue weighted by atomic mass is 16.5. The van der Waals surface area contributed by atoms with Crippen LogP contribution in [-0.2, 0) is 14.3 Å². The van der Waals surface area contributed by atoms with E-state index in [0.717, 1.165) is 36.8 Å². The number of amides is 2. The molecule has 1 aromatic carbocycles. The summed E-state index contributed by atoms with van der Waals surface area (Å²) >= 11 is 0. The molecule has 8 nitrogen and oxygen atoms in total. The summed E-state index contributed by atoms with van der Waals surface area (Å²) in [5, 5.41) is 37.1. The summed E-state index contributed by atoms with van der Waals surface area (Å²) in [6.07, 6.45) is 8.80. The number of fused-ring (bicyclic) bond motifs is 1. The third-order valence-corrected chi connectivity index (χ3v) is 7.68. The van der Waals surface area contributed by atoms with Gasteiger partial charge in [0, 0.05) is 13.0 Å². The first-order valence-corrected chi connectivity index (χ1v) is 13.2. The van der Waals surface area contributed by atoms with Crippen molar-refractivity contribution >= 4 is 17.4 Å². The molecule has 1 aliphatic heterocycles. The van der Waals surface area contributed by atoms with Crippen LogP contribution in [0.25, 0.3) is 5.57 Å². The van der Waals surface area contributed by atoms with Crippen LogP contribution in [0.15, 0.2) is 60.7 Å². The highest BCUT2D eigenvalue weighted by Crippen LogP contribution is 2.30. The number of methoxy groups -OCH3 is 1. The molecule has 2 fully saturated rings. The van der Waals surface area contributed by atoms with E-state index in [4.69, 9.17) is 4.74 Å². The number of benzene rings is 1. The maximum atomic E-state index is 13.0. The van der Waals surface area contributed by atoms with Crippen LogP contribution in [0.3, 0.4) is 0 Å². The van der Waals surface area contributed by atoms with Crippen LogP contribution in [0, 0.1) is 11.8 Å². The zero-order valence-corrected chi connectivity index (χ0v) is 21.2. The zero-order chi connectivity index (χ0) is 26.4. The topological polar surface area (TPSA) is 128 Å². The van der Waals surface area contributed by atoms with Crippen molar-refractivity contribution in [2.75, 3.05) is 7.11 Å². The van der Waals surface area contributed by atoms with Gasteiger partial charge in [-0.2, -0.15) is 0 Å². The molecule has 5 N–H and O–H groups in total. The van der Waals surface area contributed by atoms with E-state index in [0.29, 0.717) is 18.8 Å². The lowest BCUT2D eigenvalue weighted by Gasteiger charge is -2.28. The summed E-state index contributed by atoms with van der Waals surface area (Å²) in [6.45, 7) is 0. The minimum absolute atomic E-state index is 0.0819. The van der Waals surface area contributed by atoms with Crippen molar-refractivity contribution in [2.45, 2.75) is 75.0 Å². The number of ether oxygens (including phenoxy) is 1. The zero-order valence-electron chi connectivity index (χ0n) is 21.2. The molecular formula is C29H38N2O6. The average molecular weight is 511 g/mol. The number of aliphatic hydroxyl groups is 3. The molecule has 3 aliphatic rings. The first-order valence-electron chi connectivity index (χ1n) is 13.2. The molecule has 2 aliphatic carbocycles. The quantitative estimate of drug-likeness (QED) is 0.323. The van der Waals surface area contributed by atoms with E-state index < -0.39 is 36.4 Å². The van der Waals surface area contributed by atoms with Crippen LogP contribution in [0.1, 0.15) is 44.1 Å². The standard InChI is InChI=1S/C29H38N2O6/c1-37-27(26(34)25(33)24(32)16-11-18-7-5-6-8-18)29(36)31-23-15-13-21-17-20(19-9-3-2-4-10-19)12-14-22(21)30-28(23)35/h2-4,9-12,14,16-18,21-27,32-34H,5-8,13,15H2,1H3,(H,30,35)(H,31,36)/b16-11+/t21?,22?,23-,24+,25-,26+,27+/m0/s1. The second kappa shape index (κ2) is 12.6. The van der Waals surface area contributed by atoms with Crippen molar-refractivity contribution in [1.29, 1.82) is 0 Å². The van der Waals surface area contributed by atoms with Crippen molar-refractivity contribution in [2.24, 2.45) is 11.8 Å². The molecule has 7 atom stereocenters. The molecule has 0 radical (unpaired) electrons. The Labute approximate surface area is 218 Å². The van der Waals surface area contributed by atoms with E-state index in [2.05, 4.69) is 16.7 Å². The maximum absolute atomic E-state index is 13.0. The largest absolute Gasteiger partial charge is 0.387 e. The van der Waals surface area contributed by atoms with Gasteiger partial charge in [-0.25, -0.2) is 0 Å². The van der Waals surface area contributed by atoms with Crippen molar-refractivity contribution < 1.29 is 29.6 Å². The van der Waals surface area contributed by atoms with Crippen molar-refractivity contribution in [3.63, 3.8) is 0 Å². The Bertz CT molecular complexity index is 1020. The monoisotopic (exact) mass is 510 g/mol. The minimum Gasteiger partial charge on any atom is -0.387 e. The van der Waals surface area contributed by atoms with Crippen LogP contribution in [0.5, 0.6) is 0 Å². The number of aliphatic hydroxyl groups excluding tert-OH is 3. The SMILES string of the molecule is CO[C@@H](C(=O)N[C@H]1CCC2C=C(c3ccccc3)C=CC2NC1=O)[C@H](O)[C@@H](O)[C@H](O)/C=C/C1CCCC1. The van der Waals surface area contributed by atoms with Crippen molar-refractivity contribution in [3.8, 4) is 0 Å². The van der Waals surface area contributed by atoms with E-state index in [1.165, 1.54) is 13.2 Å². The lowest BCUT2D eigenvalue weighted by Crippen LogP contribution is -2.55. The van der Waals surface area contributed by atoms with E-state index in [-0.39, 0.29) is 17.9 Å². The van der Waals surface area contributed by atoms with Gasteiger partial charge < -0.3 is 30.7 Å². The molecule has 2 amide bonds. The van der Waals surface area contributed by atoms with Crippen molar-refractivity contribution in [1.82, 2.24) is 10.6 Å². The number of carbonyl (C=O) groups is 2. The number of rotatable bonds is 9. The second-order valence-corrected chi connectivity index (χ2v) is 10.2. The molecular weight excluding hydrogens is 472 g/mol. The van der Waals surface area contributed by atoms with Gasteiger partial charge in [0.15, 0.2) is 6.10 Å². The fourth-order valence-corrected chi connectivity index (χ4v) is 5.44. The van der Waals surface area contributed by atoms with Gasteiger partial charge in [-0.3, -0.25) is 9.59 Å². The second-order valence-electron chi connectivity index (χ2n) is 10.2. The van der Waals surface area contributed by atoms with Crippen LogP contribution < -0.4 is 10.6 Å².